The quantitative estimate of drug-likeness (QED) is 0.648. The van der Waals surface area contributed by atoms with E-state index in [-0.39, 0.29) is 12.6 Å². The maximum Gasteiger partial charge on any atom is 0.115 e. The van der Waals surface area contributed by atoms with E-state index in [2.05, 4.69) is 15.3 Å². The van der Waals surface area contributed by atoms with Crippen LogP contribution < -0.4 is 5.32 Å². The first-order valence-corrected chi connectivity index (χ1v) is 4.45. The van der Waals surface area contributed by atoms with E-state index in [0.29, 0.717) is 13.2 Å². The molecule has 1 rings (SSSR count). The fraction of sp³-hybridized carbons (Fsp3) is 0.556. The second-order valence-electron chi connectivity index (χ2n) is 2.92. The number of hydrogen-bond acceptors (Lipinski definition) is 5. The molecule has 0 amide bonds. The van der Waals surface area contributed by atoms with Crippen molar-refractivity contribution in [1.82, 2.24) is 15.3 Å². The van der Waals surface area contributed by atoms with Crippen molar-refractivity contribution in [1.29, 1.82) is 0 Å². The van der Waals surface area contributed by atoms with E-state index < -0.39 is 0 Å². The van der Waals surface area contributed by atoms with E-state index in [9.17, 15) is 0 Å². The van der Waals surface area contributed by atoms with Gasteiger partial charge in [0.1, 0.15) is 6.33 Å². The van der Waals surface area contributed by atoms with Gasteiger partial charge in [0.15, 0.2) is 0 Å². The highest BCUT2D eigenvalue weighted by atomic mass is 16.5. The van der Waals surface area contributed by atoms with Gasteiger partial charge in [-0.05, 0) is 6.07 Å². The Morgan fingerprint density at radius 1 is 1.64 bits per heavy atom. The molecule has 1 aromatic rings. The number of aliphatic hydroxyl groups excluding tert-OH is 1. The summed E-state index contributed by atoms with van der Waals surface area (Å²) in [7, 11) is 1.61. The molecule has 1 unspecified atom stereocenters. The molecule has 0 fully saturated rings. The summed E-state index contributed by atoms with van der Waals surface area (Å²) >= 11 is 0. The fourth-order valence-corrected chi connectivity index (χ4v) is 1.05. The summed E-state index contributed by atoms with van der Waals surface area (Å²) in [5.41, 5.74) is 0.898. The molecule has 0 aliphatic heterocycles. The molecule has 5 heteroatoms. The predicted octanol–water partition coefficient (Wildman–Crippen LogP) is -0.427. The van der Waals surface area contributed by atoms with E-state index in [1.54, 1.807) is 13.3 Å². The molecule has 5 nitrogen and oxygen atoms in total. The highest BCUT2D eigenvalue weighted by Crippen LogP contribution is 1.92. The standard InChI is InChI=1S/C9H15N3O2/c1-14-6-9(5-13)11-4-8-2-3-10-7-12-8/h2-3,7,9,11,13H,4-6H2,1H3. The summed E-state index contributed by atoms with van der Waals surface area (Å²) in [5, 5.41) is 12.1. The van der Waals surface area contributed by atoms with Crippen LogP contribution in [0.5, 0.6) is 0 Å². The van der Waals surface area contributed by atoms with Crippen LogP contribution in [0.1, 0.15) is 5.69 Å². The molecule has 0 radical (unpaired) electrons. The Hall–Kier alpha value is -1.04. The number of nitrogens with zero attached hydrogens (tertiary/aromatic N) is 2. The van der Waals surface area contributed by atoms with Crippen LogP contribution in [0.25, 0.3) is 0 Å². The van der Waals surface area contributed by atoms with Crippen molar-refractivity contribution in [3.8, 4) is 0 Å². The normalized spacial score (nSPS) is 12.7. The number of rotatable bonds is 6. The second kappa shape index (κ2) is 6.42. The van der Waals surface area contributed by atoms with E-state index >= 15 is 0 Å². The Labute approximate surface area is 83.2 Å². The number of nitrogens with one attached hydrogen (secondary N) is 1. The highest BCUT2D eigenvalue weighted by molar-refractivity contribution is 4.97. The molecule has 1 aromatic heterocycles. The van der Waals surface area contributed by atoms with Crippen LogP contribution in [0.3, 0.4) is 0 Å². The van der Waals surface area contributed by atoms with Gasteiger partial charge in [0.2, 0.25) is 0 Å². The van der Waals surface area contributed by atoms with Gasteiger partial charge in [-0.1, -0.05) is 0 Å². The molecular weight excluding hydrogens is 182 g/mol. The minimum absolute atomic E-state index is 0.0463. The summed E-state index contributed by atoms with van der Waals surface area (Å²) in [6.45, 7) is 1.15. The lowest BCUT2D eigenvalue weighted by atomic mass is 10.3. The Morgan fingerprint density at radius 3 is 3.07 bits per heavy atom. The van der Waals surface area contributed by atoms with Crippen LogP contribution in [0.4, 0.5) is 0 Å². The summed E-state index contributed by atoms with van der Waals surface area (Å²) in [4.78, 5) is 7.87. The van der Waals surface area contributed by atoms with Gasteiger partial charge in [0.25, 0.3) is 0 Å². The van der Waals surface area contributed by atoms with Crippen LogP contribution in [-0.4, -0.2) is 41.4 Å². The Morgan fingerprint density at radius 2 is 2.50 bits per heavy atom. The lowest BCUT2D eigenvalue weighted by Gasteiger charge is -2.14. The topological polar surface area (TPSA) is 67.3 Å². The van der Waals surface area contributed by atoms with Crippen LogP contribution in [0.15, 0.2) is 18.6 Å². The van der Waals surface area contributed by atoms with Gasteiger partial charge in [0.05, 0.1) is 24.9 Å². The predicted molar refractivity (Wildman–Crippen MR) is 51.6 cm³/mol. The Kier molecular flexibility index (Phi) is 5.06. The SMILES string of the molecule is COCC(CO)NCc1ccncn1. The molecule has 0 saturated heterocycles. The minimum Gasteiger partial charge on any atom is -0.395 e. The van der Waals surface area contributed by atoms with Gasteiger partial charge < -0.3 is 15.2 Å². The lowest BCUT2D eigenvalue weighted by molar-refractivity contribution is 0.128. The van der Waals surface area contributed by atoms with Gasteiger partial charge in [-0.3, -0.25) is 0 Å². The van der Waals surface area contributed by atoms with E-state index in [0.717, 1.165) is 5.69 Å². The Bertz CT molecular complexity index is 243. The molecule has 78 valence electrons. The molecule has 0 spiro atoms. The average molecular weight is 197 g/mol. The molecule has 0 aliphatic rings. The van der Waals surface area contributed by atoms with Gasteiger partial charge in [-0.2, -0.15) is 0 Å². The van der Waals surface area contributed by atoms with Crippen molar-refractivity contribution >= 4 is 0 Å². The van der Waals surface area contributed by atoms with Crippen LogP contribution in [-0.2, 0) is 11.3 Å². The van der Waals surface area contributed by atoms with Gasteiger partial charge in [-0.25, -0.2) is 9.97 Å². The van der Waals surface area contributed by atoms with Crippen molar-refractivity contribution in [3.05, 3.63) is 24.3 Å². The minimum atomic E-state index is -0.0463. The molecule has 0 saturated carbocycles. The third-order valence-electron chi connectivity index (χ3n) is 1.80. The number of hydrogen-bond donors (Lipinski definition) is 2. The van der Waals surface area contributed by atoms with Gasteiger partial charge >= 0.3 is 0 Å². The molecule has 2 N–H and O–H groups in total. The smallest absolute Gasteiger partial charge is 0.115 e. The summed E-state index contributed by atoms with van der Waals surface area (Å²) in [5.74, 6) is 0. The Balaban J connectivity index is 2.32. The molecule has 0 aliphatic carbocycles. The van der Waals surface area contributed by atoms with E-state index in [4.69, 9.17) is 9.84 Å². The van der Waals surface area contributed by atoms with Crippen molar-refractivity contribution in [2.45, 2.75) is 12.6 Å². The van der Waals surface area contributed by atoms with Crippen molar-refractivity contribution in [2.75, 3.05) is 20.3 Å². The van der Waals surface area contributed by atoms with Crippen LogP contribution >= 0.6 is 0 Å². The monoisotopic (exact) mass is 197 g/mol. The number of aliphatic hydroxyl groups is 1. The van der Waals surface area contributed by atoms with E-state index in [1.165, 1.54) is 6.33 Å². The third kappa shape index (κ3) is 3.78. The number of ether oxygens (including phenoxy) is 1. The van der Waals surface area contributed by atoms with Gasteiger partial charge in [0, 0.05) is 19.9 Å². The number of methoxy groups -OCH3 is 1. The molecule has 0 bridgehead atoms. The molecule has 14 heavy (non-hydrogen) atoms. The molecule has 0 aromatic carbocycles. The van der Waals surface area contributed by atoms with Crippen molar-refractivity contribution in [3.63, 3.8) is 0 Å². The first-order chi connectivity index (χ1) is 6.86. The summed E-state index contributed by atoms with van der Waals surface area (Å²) in [6.07, 6.45) is 3.19. The van der Waals surface area contributed by atoms with Crippen LogP contribution in [0, 0.1) is 0 Å². The van der Waals surface area contributed by atoms with Gasteiger partial charge in [-0.15, -0.1) is 0 Å². The maximum atomic E-state index is 8.96. The van der Waals surface area contributed by atoms with Crippen LogP contribution in [0.2, 0.25) is 0 Å². The number of aromatic nitrogens is 2. The maximum absolute atomic E-state index is 8.96. The fourth-order valence-electron chi connectivity index (χ4n) is 1.05. The largest absolute Gasteiger partial charge is 0.395 e. The lowest BCUT2D eigenvalue weighted by Crippen LogP contribution is -2.36. The third-order valence-corrected chi connectivity index (χ3v) is 1.80. The van der Waals surface area contributed by atoms with Crippen molar-refractivity contribution in [2.24, 2.45) is 0 Å². The molecule has 1 atom stereocenters. The average Bonchev–Trinajstić information content (AvgIpc) is 2.25. The van der Waals surface area contributed by atoms with Crippen molar-refractivity contribution < 1.29 is 9.84 Å². The first kappa shape index (κ1) is 11.0. The summed E-state index contributed by atoms with van der Waals surface area (Å²) < 4.78 is 4.93. The molecule has 1 heterocycles. The highest BCUT2D eigenvalue weighted by Gasteiger charge is 2.05. The zero-order valence-electron chi connectivity index (χ0n) is 8.18. The zero-order chi connectivity index (χ0) is 10.2. The summed E-state index contributed by atoms with van der Waals surface area (Å²) in [6, 6.07) is 1.78. The zero-order valence-corrected chi connectivity index (χ0v) is 8.18. The first-order valence-electron chi connectivity index (χ1n) is 4.45. The second-order valence-corrected chi connectivity index (χ2v) is 2.92. The van der Waals surface area contributed by atoms with E-state index in [1.807, 2.05) is 6.07 Å². The molecular formula is C9H15N3O2.